The van der Waals surface area contributed by atoms with Crippen molar-refractivity contribution in [2.24, 2.45) is 0 Å². The Morgan fingerprint density at radius 3 is 2.52 bits per heavy atom. The van der Waals surface area contributed by atoms with Gasteiger partial charge in [-0.15, -0.1) is 0 Å². The summed E-state index contributed by atoms with van der Waals surface area (Å²) in [7, 11) is -3.24. The summed E-state index contributed by atoms with van der Waals surface area (Å²) in [6.07, 6.45) is 6.27. The van der Waals surface area contributed by atoms with Gasteiger partial charge in [0.15, 0.2) is 9.84 Å². The topological polar surface area (TPSA) is 98.0 Å². The second-order valence-corrected chi connectivity index (χ2v) is 8.95. The van der Waals surface area contributed by atoms with Crippen molar-refractivity contribution in [3.8, 4) is 11.1 Å². The van der Waals surface area contributed by atoms with Crippen LogP contribution in [0.15, 0.2) is 29.3 Å². The van der Waals surface area contributed by atoms with Crippen LogP contribution in [0.2, 0.25) is 0 Å². The lowest BCUT2D eigenvalue weighted by molar-refractivity contribution is 0.420. The first-order valence-corrected chi connectivity index (χ1v) is 10.4. The van der Waals surface area contributed by atoms with Crippen LogP contribution in [0.4, 0.5) is 11.8 Å². The van der Waals surface area contributed by atoms with Gasteiger partial charge in [-0.3, -0.25) is 0 Å². The molecule has 0 atom stereocenters. The van der Waals surface area contributed by atoms with E-state index in [1.165, 1.54) is 12.7 Å². The minimum absolute atomic E-state index is 0.190. The molecule has 3 rings (SSSR count). The fraction of sp³-hybridized carbons (Fsp3) is 0.444. The predicted octanol–water partition coefficient (Wildman–Crippen LogP) is 3.22. The molecule has 1 aliphatic carbocycles. The van der Waals surface area contributed by atoms with Gasteiger partial charge in [0.25, 0.3) is 0 Å². The van der Waals surface area contributed by atoms with E-state index in [4.69, 9.17) is 5.73 Å². The van der Waals surface area contributed by atoms with Gasteiger partial charge >= 0.3 is 0 Å². The molecule has 1 heterocycles. The molecule has 7 heteroatoms. The van der Waals surface area contributed by atoms with E-state index in [1.54, 1.807) is 12.3 Å². The van der Waals surface area contributed by atoms with Gasteiger partial charge in [0.05, 0.1) is 4.90 Å². The average molecular weight is 360 g/mol. The van der Waals surface area contributed by atoms with Gasteiger partial charge in [-0.25, -0.2) is 13.4 Å². The van der Waals surface area contributed by atoms with Crippen molar-refractivity contribution in [2.75, 3.05) is 17.3 Å². The highest BCUT2D eigenvalue weighted by atomic mass is 32.2. The fourth-order valence-corrected chi connectivity index (χ4v) is 3.71. The molecule has 1 aromatic carbocycles. The molecule has 0 amide bonds. The Hall–Kier alpha value is -2.15. The third-order valence-corrected chi connectivity index (χ3v) is 5.63. The Bertz CT molecular complexity index is 890. The van der Waals surface area contributed by atoms with Crippen LogP contribution in [-0.2, 0) is 9.84 Å². The van der Waals surface area contributed by atoms with Crippen molar-refractivity contribution in [1.82, 2.24) is 9.97 Å². The van der Waals surface area contributed by atoms with Crippen molar-refractivity contribution in [2.45, 2.75) is 50.0 Å². The number of hydrogen-bond acceptors (Lipinski definition) is 6. The second kappa shape index (κ2) is 6.63. The third kappa shape index (κ3) is 3.76. The van der Waals surface area contributed by atoms with Crippen molar-refractivity contribution in [3.63, 3.8) is 0 Å². The number of sulfone groups is 1. The molecular weight excluding hydrogens is 336 g/mol. The molecular formula is C18H24N4O2S. The van der Waals surface area contributed by atoms with Crippen molar-refractivity contribution in [1.29, 1.82) is 0 Å². The van der Waals surface area contributed by atoms with Crippen molar-refractivity contribution in [3.05, 3.63) is 30.0 Å². The molecule has 25 heavy (non-hydrogen) atoms. The summed E-state index contributed by atoms with van der Waals surface area (Å²) in [4.78, 5) is 8.84. The number of benzene rings is 1. The molecule has 6 nitrogen and oxygen atoms in total. The summed E-state index contributed by atoms with van der Waals surface area (Å²) in [5.41, 5.74) is 8.63. The van der Waals surface area contributed by atoms with Crippen LogP contribution in [0, 0.1) is 0 Å². The molecule has 0 aliphatic heterocycles. The molecule has 1 saturated carbocycles. The van der Waals surface area contributed by atoms with Gasteiger partial charge in [-0.05, 0) is 55.9 Å². The zero-order valence-electron chi connectivity index (χ0n) is 14.8. The van der Waals surface area contributed by atoms with E-state index >= 15 is 0 Å². The Balaban J connectivity index is 2.17. The molecule has 0 saturated heterocycles. The van der Waals surface area contributed by atoms with Crippen LogP contribution in [0.5, 0.6) is 0 Å². The molecule has 3 N–H and O–H groups in total. The Morgan fingerprint density at radius 1 is 1.24 bits per heavy atom. The molecule has 0 radical (unpaired) electrons. The average Bonchev–Trinajstić information content (AvgIpc) is 2.44. The summed E-state index contributed by atoms with van der Waals surface area (Å²) >= 11 is 0. The summed E-state index contributed by atoms with van der Waals surface area (Å²) in [5.74, 6) is 1.26. The minimum atomic E-state index is -3.24. The molecule has 134 valence electrons. The fourth-order valence-electron chi connectivity index (χ4n) is 3.05. The van der Waals surface area contributed by atoms with E-state index < -0.39 is 9.84 Å². The number of nitrogens with one attached hydrogen (secondary N) is 1. The van der Waals surface area contributed by atoms with E-state index in [-0.39, 0.29) is 12.0 Å². The molecule has 2 aromatic rings. The molecule has 1 aromatic heterocycles. The number of nitrogens with zero attached hydrogens (tertiary/aromatic N) is 2. The highest BCUT2D eigenvalue weighted by Gasteiger charge is 2.25. The van der Waals surface area contributed by atoms with Crippen LogP contribution < -0.4 is 11.1 Å². The van der Waals surface area contributed by atoms with Crippen molar-refractivity contribution >= 4 is 21.6 Å². The van der Waals surface area contributed by atoms with Gasteiger partial charge in [-0.2, -0.15) is 4.98 Å². The van der Waals surface area contributed by atoms with E-state index in [0.717, 1.165) is 29.5 Å². The highest BCUT2D eigenvalue weighted by molar-refractivity contribution is 7.90. The van der Waals surface area contributed by atoms with Crippen LogP contribution in [0.3, 0.4) is 0 Å². The first kappa shape index (κ1) is 17.7. The Labute approximate surface area is 148 Å². The maximum absolute atomic E-state index is 12.0. The van der Waals surface area contributed by atoms with Gasteiger partial charge < -0.3 is 11.1 Å². The van der Waals surface area contributed by atoms with Gasteiger partial charge in [0.2, 0.25) is 5.95 Å². The highest BCUT2D eigenvalue weighted by Crippen LogP contribution is 2.43. The van der Waals surface area contributed by atoms with Gasteiger partial charge in [0.1, 0.15) is 5.82 Å². The van der Waals surface area contributed by atoms with Crippen LogP contribution in [-0.4, -0.2) is 30.7 Å². The SMILES string of the molecule is CC(C)Nc1nc(N)ncc1-c1ccc(S(C)(=O)=O)cc1C1CCC1. The van der Waals surface area contributed by atoms with E-state index in [2.05, 4.69) is 15.3 Å². The van der Waals surface area contributed by atoms with E-state index in [9.17, 15) is 8.42 Å². The smallest absolute Gasteiger partial charge is 0.221 e. The van der Waals surface area contributed by atoms with Gasteiger partial charge in [0, 0.05) is 24.1 Å². The Morgan fingerprint density at radius 2 is 1.96 bits per heavy atom. The first-order valence-electron chi connectivity index (χ1n) is 8.49. The van der Waals surface area contributed by atoms with Crippen molar-refractivity contribution < 1.29 is 8.42 Å². The summed E-state index contributed by atoms with van der Waals surface area (Å²) in [6.45, 7) is 4.06. The second-order valence-electron chi connectivity index (χ2n) is 6.94. The maximum Gasteiger partial charge on any atom is 0.221 e. The standard InChI is InChI=1S/C18H24N4O2S/c1-11(2)21-17-16(10-20-18(19)22-17)14-8-7-13(25(3,23)24)9-15(14)12-5-4-6-12/h7-12H,4-6H2,1-3H3,(H3,19,20,21,22). The minimum Gasteiger partial charge on any atom is -0.368 e. The zero-order valence-corrected chi connectivity index (χ0v) is 15.6. The normalized spacial score (nSPS) is 15.2. The number of aromatic nitrogens is 2. The molecule has 0 unspecified atom stereocenters. The summed E-state index contributed by atoms with van der Waals surface area (Å²) in [6, 6.07) is 5.52. The molecule has 0 spiro atoms. The lowest BCUT2D eigenvalue weighted by Gasteiger charge is -2.29. The Kier molecular flexibility index (Phi) is 4.69. The third-order valence-electron chi connectivity index (χ3n) is 4.52. The van der Waals surface area contributed by atoms with Crippen LogP contribution in [0.25, 0.3) is 11.1 Å². The zero-order chi connectivity index (χ0) is 18.2. The number of hydrogen-bond donors (Lipinski definition) is 2. The van der Waals surface area contributed by atoms with E-state index in [0.29, 0.717) is 16.6 Å². The van der Waals surface area contributed by atoms with Gasteiger partial charge in [-0.1, -0.05) is 12.5 Å². The first-order chi connectivity index (χ1) is 11.8. The lowest BCUT2D eigenvalue weighted by atomic mass is 9.77. The monoisotopic (exact) mass is 360 g/mol. The quantitative estimate of drug-likeness (QED) is 0.849. The number of nitrogen functional groups attached to an aromatic ring is 1. The van der Waals surface area contributed by atoms with E-state index in [1.807, 2.05) is 26.0 Å². The maximum atomic E-state index is 12.0. The summed E-state index contributed by atoms with van der Waals surface area (Å²) < 4.78 is 23.9. The number of rotatable bonds is 5. The van der Waals surface area contributed by atoms with Crippen LogP contribution >= 0.6 is 0 Å². The molecule has 1 fully saturated rings. The number of anilines is 2. The van der Waals surface area contributed by atoms with Crippen LogP contribution in [0.1, 0.15) is 44.6 Å². The molecule has 1 aliphatic rings. The number of nitrogens with two attached hydrogens (primary N) is 1. The molecule has 0 bridgehead atoms. The predicted molar refractivity (Wildman–Crippen MR) is 100 cm³/mol. The lowest BCUT2D eigenvalue weighted by Crippen LogP contribution is -2.15. The largest absolute Gasteiger partial charge is 0.368 e. The summed E-state index contributed by atoms with van der Waals surface area (Å²) in [5, 5.41) is 3.31.